The molecular formula is C15H24N4O. The van der Waals surface area contributed by atoms with Crippen molar-refractivity contribution in [2.45, 2.75) is 46.8 Å². The van der Waals surface area contributed by atoms with Crippen LogP contribution in [0.4, 0.5) is 0 Å². The lowest BCUT2D eigenvalue weighted by Gasteiger charge is -2.17. The van der Waals surface area contributed by atoms with Crippen molar-refractivity contribution in [3.05, 3.63) is 29.2 Å². The first-order valence-electron chi connectivity index (χ1n) is 7.16. The van der Waals surface area contributed by atoms with Crippen molar-refractivity contribution < 1.29 is 4.74 Å². The molecule has 2 aromatic heterocycles. The van der Waals surface area contributed by atoms with E-state index in [1.165, 1.54) is 5.56 Å². The Bertz CT molecular complexity index is 577. The SMILES string of the molecule is Cc1cc2ncc(C(C)NCCOC(C)C)c(C)n2n1. The minimum absolute atomic E-state index is 0.229. The molecule has 0 aliphatic rings. The Labute approximate surface area is 120 Å². The number of nitrogens with one attached hydrogen (secondary N) is 1. The van der Waals surface area contributed by atoms with Crippen LogP contribution in [0.15, 0.2) is 12.3 Å². The van der Waals surface area contributed by atoms with Crippen LogP contribution >= 0.6 is 0 Å². The Balaban J connectivity index is 2.06. The molecule has 0 spiro atoms. The highest BCUT2D eigenvalue weighted by Gasteiger charge is 2.12. The van der Waals surface area contributed by atoms with Gasteiger partial charge in [0.2, 0.25) is 0 Å². The van der Waals surface area contributed by atoms with E-state index in [1.807, 2.05) is 37.5 Å². The summed E-state index contributed by atoms with van der Waals surface area (Å²) in [5.41, 5.74) is 4.20. The Morgan fingerprint density at radius 3 is 2.75 bits per heavy atom. The minimum Gasteiger partial charge on any atom is -0.377 e. The Kier molecular flexibility index (Phi) is 4.73. The lowest BCUT2D eigenvalue weighted by atomic mass is 10.1. The molecule has 20 heavy (non-hydrogen) atoms. The zero-order valence-electron chi connectivity index (χ0n) is 13.0. The van der Waals surface area contributed by atoms with Crippen LogP contribution in [0.5, 0.6) is 0 Å². The molecule has 0 amide bonds. The molecule has 1 N–H and O–H groups in total. The molecule has 0 aliphatic heterocycles. The van der Waals surface area contributed by atoms with Gasteiger partial charge in [-0.25, -0.2) is 9.50 Å². The van der Waals surface area contributed by atoms with E-state index in [-0.39, 0.29) is 12.1 Å². The van der Waals surface area contributed by atoms with E-state index in [9.17, 15) is 0 Å². The van der Waals surface area contributed by atoms with E-state index in [1.54, 1.807) is 0 Å². The first kappa shape index (κ1) is 14.9. The third-order valence-corrected chi connectivity index (χ3v) is 3.35. The summed E-state index contributed by atoms with van der Waals surface area (Å²) in [5.74, 6) is 0. The van der Waals surface area contributed by atoms with Gasteiger partial charge in [-0.3, -0.25) is 0 Å². The van der Waals surface area contributed by atoms with E-state index >= 15 is 0 Å². The lowest BCUT2D eigenvalue weighted by Crippen LogP contribution is -2.25. The number of hydrogen-bond donors (Lipinski definition) is 1. The third kappa shape index (κ3) is 3.35. The average Bonchev–Trinajstić information content (AvgIpc) is 2.76. The number of rotatable bonds is 6. The van der Waals surface area contributed by atoms with Gasteiger partial charge in [-0.15, -0.1) is 0 Å². The molecule has 1 unspecified atom stereocenters. The molecule has 0 saturated heterocycles. The second-order valence-electron chi connectivity index (χ2n) is 5.45. The van der Waals surface area contributed by atoms with Crippen molar-refractivity contribution in [1.29, 1.82) is 0 Å². The molecule has 0 radical (unpaired) electrons. The zero-order chi connectivity index (χ0) is 14.7. The summed E-state index contributed by atoms with van der Waals surface area (Å²) >= 11 is 0. The summed E-state index contributed by atoms with van der Waals surface area (Å²) in [5, 5.41) is 7.94. The largest absolute Gasteiger partial charge is 0.377 e. The van der Waals surface area contributed by atoms with Crippen molar-refractivity contribution in [3.8, 4) is 0 Å². The molecule has 0 aromatic carbocycles. The van der Waals surface area contributed by atoms with Crippen LogP contribution in [0, 0.1) is 13.8 Å². The van der Waals surface area contributed by atoms with Gasteiger partial charge >= 0.3 is 0 Å². The predicted molar refractivity (Wildman–Crippen MR) is 80.0 cm³/mol. The molecule has 0 fully saturated rings. The van der Waals surface area contributed by atoms with Crippen molar-refractivity contribution in [2.75, 3.05) is 13.2 Å². The van der Waals surface area contributed by atoms with E-state index in [0.29, 0.717) is 0 Å². The maximum Gasteiger partial charge on any atom is 0.155 e. The number of fused-ring (bicyclic) bond motifs is 1. The van der Waals surface area contributed by atoms with Gasteiger partial charge in [0.05, 0.1) is 18.4 Å². The van der Waals surface area contributed by atoms with Crippen LogP contribution in [0.2, 0.25) is 0 Å². The molecule has 5 nitrogen and oxygen atoms in total. The topological polar surface area (TPSA) is 51.5 Å². The number of aryl methyl sites for hydroxylation is 2. The minimum atomic E-state index is 0.229. The molecule has 2 heterocycles. The second-order valence-corrected chi connectivity index (χ2v) is 5.45. The fourth-order valence-corrected chi connectivity index (χ4v) is 2.28. The van der Waals surface area contributed by atoms with Gasteiger partial charge in [0.15, 0.2) is 5.65 Å². The Morgan fingerprint density at radius 2 is 2.05 bits per heavy atom. The number of ether oxygens (including phenoxy) is 1. The molecule has 2 rings (SSSR count). The Hall–Kier alpha value is -1.46. The van der Waals surface area contributed by atoms with Crippen LogP contribution in [0.1, 0.15) is 43.8 Å². The Morgan fingerprint density at radius 1 is 1.30 bits per heavy atom. The first-order chi connectivity index (χ1) is 9.49. The number of hydrogen-bond acceptors (Lipinski definition) is 4. The van der Waals surface area contributed by atoms with Gasteiger partial charge in [0.25, 0.3) is 0 Å². The fourth-order valence-electron chi connectivity index (χ4n) is 2.28. The summed E-state index contributed by atoms with van der Waals surface area (Å²) in [7, 11) is 0. The highest BCUT2D eigenvalue weighted by Crippen LogP contribution is 2.17. The maximum atomic E-state index is 5.54. The zero-order valence-corrected chi connectivity index (χ0v) is 13.0. The van der Waals surface area contributed by atoms with Gasteiger partial charge in [0.1, 0.15) is 0 Å². The summed E-state index contributed by atoms with van der Waals surface area (Å²) in [4.78, 5) is 4.47. The van der Waals surface area contributed by atoms with Crippen molar-refractivity contribution in [1.82, 2.24) is 19.9 Å². The lowest BCUT2D eigenvalue weighted by molar-refractivity contribution is 0.0796. The summed E-state index contributed by atoms with van der Waals surface area (Å²) in [6, 6.07) is 2.22. The molecule has 5 heteroatoms. The number of nitrogens with zero attached hydrogens (tertiary/aromatic N) is 3. The second kappa shape index (κ2) is 6.33. The van der Waals surface area contributed by atoms with Crippen LogP contribution in [0.25, 0.3) is 5.65 Å². The fraction of sp³-hybridized carbons (Fsp3) is 0.600. The van der Waals surface area contributed by atoms with Gasteiger partial charge < -0.3 is 10.1 Å². The molecule has 1 atom stereocenters. The van der Waals surface area contributed by atoms with Crippen molar-refractivity contribution >= 4 is 5.65 Å². The van der Waals surface area contributed by atoms with E-state index in [0.717, 1.165) is 30.2 Å². The summed E-state index contributed by atoms with van der Waals surface area (Å²) < 4.78 is 7.45. The quantitative estimate of drug-likeness (QED) is 0.823. The van der Waals surface area contributed by atoms with Crippen molar-refractivity contribution in [3.63, 3.8) is 0 Å². The maximum absolute atomic E-state index is 5.54. The normalized spacial score (nSPS) is 13.3. The van der Waals surface area contributed by atoms with E-state index in [2.05, 4.69) is 29.2 Å². The predicted octanol–water partition coefficient (Wildman–Crippen LogP) is 2.42. The monoisotopic (exact) mass is 276 g/mol. The van der Waals surface area contributed by atoms with E-state index < -0.39 is 0 Å². The summed E-state index contributed by atoms with van der Waals surface area (Å²) in [6.45, 7) is 11.9. The van der Waals surface area contributed by atoms with Crippen LogP contribution in [0.3, 0.4) is 0 Å². The van der Waals surface area contributed by atoms with Gasteiger partial charge in [-0.2, -0.15) is 5.10 Å². The van der Waals surface area contributed by atoms with Gasteiger partial charge in [-0.05, 0) is 34.6 Å². The molecular weight excluding hydrogens is 252 g/mol. The molecule has 0 bridgehead atoms. The van der Waals surface area contributed by atoms with Crippen LogP contribution in [-0.2, 0) is 4.74 Å². The summed E-state index contributed by atoms with van der Waals surface area (Å²) in [6.07, 6.45) is 2.21. The molecule has 0 aliphatic carbocycles. The van der Waals surface area contributed by atoms with Crippen molar-refractivity contribution in [2.24, 2.45) is 0 Å². The van der Waals surface area contributed by atoms with Crippen LogP contribution < -0.4 is 5.32 Å². The molecule has 2 aromatic rings. The molecule has 110 valence electrons. The first-order valence-corrected chi connectivity index (χ1v) is 7.16. The highest BCUT2D eigenvalue weighted by atomic mass is 16.5. The molecule has 0 saturated carbocycles. The van der Waals surface area contributed by atoms with Gasteiger partial charge in [-0.1, -0.05) is 0 Å². The standard InChI is InChI=1S/C15H24N4O/c1-10(2)20-7-6-16-12(4)14-9-17-15-8-11(3)18-19(15)13(14)5/h8-10,12,16H,6-7H2,1-5H3. The van der Waals surface area contributed by atoms with Crippen LogP contribution in [-0.4, -0.2) is 33.9 Å². The third-order valence-electron chi connectivity index (χ3n) is 3.35. The van der Waals surface area contributed by atoms with Gasteiger partial charge in [0, 0.05) is 36.1 Å². The highest BCUT2D eigenvalue weighted by molar-refractivity contribution is 5.42. The average molecular weight is 276 g/mol. The number of aromatic nitrogens is 3. The smallest absolute Gasteiger partial charge is 0.155 e. The van der Waals surface area contributed by atoms with E-state index in [4.69, 9.17) is 4.74 Å².